The lowest BCUT2D eigenvalue weighted by Crippen LogP contribution is -2.52. The minimum Gasteiger partial charge on any atom is -0.217 e. The number of nitrogens with zero attached hydrogens (tertiary/aromatic N) is 1. The molecule has 0 aliphatic carbocycles. The molecule has 0 spiro atoms. The highest BCUT2D eigenvalue weighted by Crippen LogP contribution is 2.26. The third kappa shape index (κ3) is 0.728. The van der Waals surface area contributed by atoms with E-state index in [1.807, 2.05) is 6.08 Å². The van der Waals surface area contributed by atoms with E-state index in [0.717, 1.165) is 6.54 Å². The van der Waals surface area contributed by atoms with Crippen LogP contribution in [-0.4, -0.2) is 17.2 Å². The first-order valence-corrected chi connectivity index (χ1v) is 3.83. The number of hydrogen-bond acceptors (Lipinski definition) is 1. The monoisotopic (exact) mass is 137 g/mol. The normalized spacial score (nSPS) is 43.9. The number of nitrogens with two attached hydrogens (primary N) is 1. The van der Waals surface area contributed by atoms with Crippen LogP contribution >= 0.6 is 0 Å². The lowest BCUT2D eigenvalue weighted by Gasteiger charge is -2.29. The molecule has 0 bridgehead atoms. The van der Waals surface area contributed by atoms with Crippen molar-refractivity contribution in [2.24, 2.45) is 5.84 Å². The summed E-state index contributed by atoms with van der Waals surface area (Å²) in [5, 5.41) is 0. The Bertz CT molecular complexity index is 195. The maximum absolute atomic E-state index is 6.06. The van der Waals surface area contributed by atoms with E-state index in [1.54, 1.807) is 0 Å². The van der Waals surface area contributed by atoms with Gasteiger partial charge in [-0.2, -0.15) is 5.84 Å². The summed E-state index contributed by atoms with van der Waals surface area (Å²) in [6, 6.07) is 0.560. The summed E-state index contributed by atoms with van der Waals surface area (Å²) in [4.78, 5) is 0. The summed E-state index contributed by atoms with van der Waals surface area (Å²) in [5.41, 5.74) is 0. The predicted octanol–water partition coefficient (Wildman–Crippen LogP) is 0.923. The quantitative estimate of drug-likeness (QED) is 0.390. The first-order chi connectivity index (χ1) is 4.81. The van der Waals surface area contributed by atoms with Crippen LogP contribution in [0.25, 0.3) is 0 Å². The molecule has 2 N–H and O–H groups in total. The maximum atomic E-state index is 6.06. The molecule has 0 aromatic heterocycles. The second-order valence-electron chi connectivity index (χ2n) is 3.15. The second-order valence-corrected chi connectivity index (χ2v) is 3.15. The number of allylic oxidation sites excluding steroid dienone is 2. The zero-order valence-corrected chi connectivity index (χ0v) is 6.03. The Kier molecular flexibility index (Phi) is 1.19. The van der Waals surface area contributed by atoms with Gasteiger partial charge in [0.2, 0.25) is 0 Å². The standard InChI is InChI=1S/C8H13N2/c9-10-6-2-1-4-8(10)5-3-7-10/h1-2,4,6,8H,3,5,7,9H2/q+1. The number of hydrogen-bond donors (Lipinski definition) is 1. The molecule has 2 heterocycles. The fraction of sp³-hybridized carbons (Fsp3) is 0.500. The maximum Gasteiger partial charge on any atom is 0.130 e. The van der Waals surface area contributed by atoms with Gasteiger partial charge < -0.3 is 0 Å². The van der Waals surface area contributed by atoms with E-state index in [1.165, 1.54) is 12.8 Å². The third-order valence-corrected chi connectivity index (χ3v) is 2.47. The van der Waals surface area contributed by atoms with Crippen molar-refractivity contribution in [2.45, 2.75) is 18.9 Å². The Labute approximate surface area is 61.2 Å². The van der Waals surface area contributed by atoms with Crippen molar-refractivity contribution in [3.63, 3.8) is 0 Å². The van der Waals surface area contributed by atoms with Gasteiger partial charge in [0, 0.05) is 12.8 Å². The highest BCUT2D eigenvalue weighted by atomic mass is 15.6. The van der Waals surface area contributed by atoms with E-state index in [-0.39, 0.29) is 0 Å². The van der Waals surface area contributed by atoms with Gasteiger partial charge in [-0.15, -0.1) is 0 Å². The first-order valence-electron chi connectivity index (χ1n) is 3.83. The minimum atomic E-state index is 0.560. The van der Waals surface area contributed by atoms with Crippen molar-refractivity contribution in [3.8, 4) is 0 Å². The van der Waals surface area contributed by atoms with Crippen molar-refractivity contribution in [1.82, 2.24) is 0 Å². The lowest BCUT2D eigenvalue weighted by atomic mass is 10.2. The molecular weight excluding hydrogens is 124 g/mol. The van der Waals surface area contributed by atoms with Gasteiger partial charge in [-0.3, -0.25) is 0 Å². The highest BCUT2D eigenvalue weighted by Gasteiger charge is 2.36. The molecule has 10 heavy (non-hydrogen) atoms. The van der Waals surface area contributed by atoms with Crippen LogP contribution in [0.5, 0.6) is 0 Å². The Morgan fingerprint density at radius 3 is 3.10 bits per heavy atom. The average molecular weight is 137 g/mol. The fourth-order valence-corrected chi connectivity index (χ4v) is 1.82. The SMILES string of the molecule is N[N+]12C=CC=CC1CCC2. The smallest absolute Gasteiger partial charge is 0.130 e. The largest absolute Gasteiger partial charge is 0.217 e. The van der Waals surface area contributed by atoms with Crippen LogP contribution in [-0.2, 0) is 0 Å². The van der Waals surface area contributed by atoms with E-state index >= 15 is 0 Å². The Balaban J connectivity index is 2.30. The number of fused-ring (bicyclic) bond motifs is 1. The van der Waals surface area contributed by atoms with E-state index in [4.69, 9.17) is 5.84 Å². The first kappa shape index (κ1) is 6.13. The molecule has 1 fully saturated rings. The van der Waals surface area contributed by atoms with Gasteiger partial charge in [0.1, 0.15) is 18.8 Å². The molecule has 54 valence electrons. The molecule has 2 aliphatic rings. The average Bonchev–Trinajstić information content (AvgIpc) is 2.29. The summed E-state index contributed by atoms with van der Waals surface area (Å²) < 4.78 is 0.649. The molecule has 2 unspecified atom stereocenters. The third-order valence-electron chi connectivity index (χ3n) is 2.47. The highest BCUT2D eigenvalue weighted by molar-refractivity contribution is 5.08. The molecule has 0 radical (unpaired) electrons. The molecule has 2 aliphatic heterocycles. The zero-order chi connectivity index (χ0) is 7.03. The molecule has 2 atom stereocenters. The minimum absolute atomic E-state index is 0.560. The van der Waals surface area contributed by atoms with Crippen LogP contribution in [0.3, 0.4) is 0 Å². The molecule has 0 amide bonds. The van der Waals surface area contributed by atoms with Crippen LogP contribution in [0.4, 0.5) is 0 Å². The summed E-state index contributed by atoms with van der Waals surface area (Å²) in [7, 11) is 0. The molecule has 1 saturated heterocycles. The number of quaternary nitrogens is 1. The van der Waals surface area contributed by atoms with E-state index in [9.17, 15) is 0 Å². The van der Waals surface area contributed by atoms with Gasteiger partial charge in [-0.25, -0.2) is 4.59 Å². The molecule has 0 saturated carbocycles. The van der Waals surface area contributed by atoms with Crippen molar-refractivity contribution < 1.29 is 4.59 Å². The lowest BCUT2D eigenvalue weighted by molar-refractivity contribution is -0.897. The predicted molar refractivity (Wildman–Crippen MR) is 40.6 cm³/mol. The summed E-state index contributed by atoms with van der Waals surface area (Å²) in [6.07, 6.45) is 11.0. The van der Waals surface area contributed by atoms with Gasteiger partial charge >= 0.3 is 0 Å². The summed E-state index contributed by atoms with van der Waals surface area (Å²) in [6.45, 7) is 1.10. The van der Waals surface area contributed by atoms with Gasteiger partial charge in [-0.05, 0) is 12.2 Å². The molecule has 2 rings (SSSR count). The van der Waals surface area contributed by atoms with Gasteiger partial charge in [0.15, 0.2) is 0 Å². The molecule has 0 aromatic carbocycles. The van der Waals surface area contributed by atoms with Crippen LogP contribution in [0.15, 0.2) is 24.4 Å². The fourth-order valence-electron chi connectivity index (χ4n) is 1.82. The van der Waals surface area contributed by atoms with E-state index in [0.29, 0.717) is 10.6 Å². The van der Waals surface area contributed by atoms with Crippen LogP contribution in [0, 0.1) is 0 Å². The van der Waals surface area contributed by atoms with Gasteiger partial charge in [-0.1, -0.05) is 6.08 Å². The van der Waals surface area contributed by atoms with Crippen LogP contribution in [0.1, 0.15) is 12.8 Å². The van der Waals surface area contributed by atoms with Crippen molar-refractivity contribution in [2.75, 3.05) is 6.54 Å². The summed E-state index contributed by atoms with van der Waals surface area (Å²) in [5.74, 6) is 6.06. The van der Waals surface area contributed by atoms with E-state index < -0.39 is 0 Å². The molecule has 2 heteroatoms. The topological polar surface area (TPSA) is 26.0 Å². The van der Waals surface area contributed by atoms with Crippen molar-refractivity contribution in [1.29, 1.82) is 0 Å². The Morgan fingerprint density at radius 1 is 1.40 bits per heavy atom. The Hall–Kier alpha value is -0.600. The van der Waals surface area contributed by atoms with Crippen LogP contribution in [0.2, 0.25) is 0 Å². The van der Waals surface area contributed by atoms with Gasteiger partial charge in [0.25, 0.3) is 0 Å². The second kappa shape index (κ2) is 1.94. The zero-order valence-electron chi connectivity index (χ0n) is 6.03. The number of rotatable bonds is 0. The molecule has 0 aromatic rings. The molecular formula is C8H13N2+. The van der Waals surface area contributed by atoms with Crippen LogP contribution < -0.4 is 5.84 Å². The van der Waals surface area contributed by atoms with E-state index in [2.05, 4.69) is 18.4 Å². The summed E-state index contributed by atoms with van der Waals surface area (Å²) >= 11 is 0. The Morgan fingerprint density at radius 2 is 2.30 bits per heavy atom. The van der Waals surface area contributed by atoms with Crippen molar-refractivity contribution in [3.05, 3.63) is 24.4 Å². The van der Waals surface area contributed by atoms with Gasteiger partial charge in [0.05, 0.1) is 0 Å². The molecule has 2 nitrogen and oxygen atoms in total. The van der Waals surface area contributed by atoms with Crippen molar-refractivity contribution >= 4 is 0 Å².